The van der Waals surface area contributed by atoms with Gasteiger partial charge in [-0.1, -0.05) is 74.5 Å². The zero-order valence-electron chi connectivity index (χ0n) is 30.6. The molecule has 14 heteroatoms. The third kappa shape index (κ3) is 14.7. The lowest BCUT2D eigenvalue weighted by Gasteiger charge is -2.29. The van der Waals surface area contributed by atoms with E-state index in [1.54, 1.807) is 4.90 Å². The minimum Gasteiger partial charge on any atom is -0.388 e. The van der Waals surface area contributed by atoms with Crippen LogP contribution in [0.1, 0.15) is 69.9 Å². The van der Waals surface area contributed by atoms with Gasteiger partial charge in [0.2, 0.25) is 23.6 Å². The second-order valence-electron chi connectivity index (χ2n) is 14.1. The molecule has 1 unspecified atom stereocenters. The molecule has 0 aromatic heterocycles. The highest BCUT2D eigenvalue weighted by atomic mass is 16.2. The summed E-state index contributed by atoms with van der Waals surface area (Å²) < 4.78 is 0. The van der Waals surface area contributed by atoms with Crippen molar-refractivity contribution >= 4 is 35.4 Å². The van der Waals surface area contributed by atoms with Gasteiger partial charge < -0.3 is 43.8 Å². The lowest BCUT2D eigenvalue weighted by atomic mass is 9.96. The summed E-state index contributed by atoms with van der Waals surface area (Å²) in [4.78, 5) is 61.0. The lowest BCUT2D eigenvalue weighted by Crippen LogP contribution is -2.58. The number of nitrogens with one attached hydrogen (secondary N) is 4. The molecule has 2 aromatic carbocycles. The fourth-order valence-corrected chi connectivity index (χ4v) is 6.43. The summed E-state index contributed by atoms with van der Waals surface area (Å²) in [7, 11) is 0. The van der Waals surface area contributed by atoms with Crippen molar-refractivity contribution in [3.8, 4) is 0 Å². The van der Waals surface area contributed by atoms with Crippen LogP contribution in [-0.4, -0.2) is 84.1 Å². The van der Waals surface area contributed by atoms with E-state index < -0.39 is 41.9 Å². The quantitative estimate of drug-likeness (QED) is 0.0596. The number of hydrogen-bond acceptors (Lipinski definition) is 7. The van der Waals surface area contributed by atoms with Crippen LogP contribution in [0.5, 0.6) is 0 Å². The van der Waals surface area contributed by atoms with E-state index in [1.165, 1.54) is 0 Å². The van der Waals surface area contributed by atoms with Gasteiger partial charge in [-0.15, -0.1) is 0 Å². The first kappa shape index (κ1) is 41.4. The molecule has 5 atom stereocenters. The Hall–Kier alpha value is -4.98. The molecular formula is C38H58N10O4. The molecule has 0 aliphatic carbocycles. The molecule has 2 aromatic rings. The van der Waals surface area contributed by atoms with Crippen molar-refractivity contribution in [2.45, 2.75) is 95.8 Å². The SMILES string of the molecule is CC(C)C[C@@H](NC(=O)[C@@H](Cc1ccccc1)NC(=O)[C@H](N)Cc1ccccc1)C(=O)N[C@H](CCCN=C(N)N)C(=O)N1CCCC(CC(=N)N)CC1. The van der Waals surface area contributed by atoms with Gasteiger partial charge in [0.15, 0.2) is 5.96 Å². The number of carbonyl (C=O) groups excluding carboxylic acids is 4. The maximum Gasteiger partial charge on any atom is 0.245 e. The molecular weight excluding hydrogens is 660 g/mol. The van der Waals surface area contributed by atoms with Crippen molar-refractivity contribution in [2.24, 2.45) is 39.8 Å². The van der Waals surface area contributed by atoms with Crippen LogP contribution in [0.15, 0.2) is 65.7 Å². The van der Waals surface area contributed by atoms with Gasteiger partial charge in [-0.25, -0.2) is 0 Å². The Morgan fingerprint density at radius 3 is 1.98 bits per heavy atom. The van der Waals surface area contributed by atoms with Crippen LogP contribution in [0.4, 0.5) is 0 Å². The van der Waals surface area contributed by atoms with Gasteiger partial charge in [0.25, 0.3) is 0 Å². The summed E-state index contributed by atoms with van der Waals surface area (Å²) in [6.07, 6.45) is 4.28. The van der Waals surface area contributed by atoms with E-state index in [4.69, 9.17) is 28.3 Å². The second-order valence-corrected chi connectivity index (χ2v) is 14.1. The molecule has 3 rings (SSSR count). The Morgan fingerprint density at radius 1 is 0.808 bits per heavy atom. The summed E-state index contributed by atoms with van der Waals surface area (Å²) in [5.41, 5.74) is 24.6. The van der Waals surface area contributed by atoms with Crippen LogP contribution in [0.3, 0.4) is 0 Å². The lowest BCUT2D eigenvalue weighted by molar-refractivity contribution is -0.138. The number of aliphatic imine (C=N–C) groups is 1. The normalized spacial score (nSPS) is 16.8. The minimum atomic E-state index is -1.02. The molecule has 0 spiro atoms. The number of hydrogen-bond donors (Lipinski definition) is 8. The van der Waals surface area contributed by atoms with Gasteiger partial charge in [-0.3, -0.25) is 29.6 Å². The summed E-state index contributed by atoms with van der Waals surface area (Å²) in [6.45, 7) is 5.15. The van der Waals surface area contributed by atoms with Crippen LogP contribution in [0, 0.1) is 17.2 Å². The monoisotopic (exact) mass is 718 g/mol. The summed E-state index contributed by atoms with van der Waals surface area (Å²) in [6, 6.07) is 14.9. The zero-order valence-corrected chi connectivity index (χ0v) is 30.6. The Balaban J connectivity index is 1.79. The largest absolute Gasteiger partial charge is 0.388 e. The molecule has 1 aliphatic rings. The molecule has 1 aliphatic heterocycles. The fourth-order valence-electron chi connectivity index (χ4n) is 6.43. The van der Waals surface area contributed by atoms with Crippen molar-refractivity contribution < 1.29 is 19.2 Å². The average Bonchev–Trinajstić information content (AvgIpc) is 3.34. The Labute approximate surface area is 307 Å². The number of rotatable bonds is 19. The Kier molecular flexibility index (Phi) is 17.1. The number of amides is 4. The molecule has 52 heavy (non-hydrogen) atoms. The van der Waals surface area contributed by atoms with Crippen molar-refractivity contribution in [2.75, 3.05) is 19.6 Å². The summed E-state index contributed by atoms with van der Waals surface area (Å²) in [5.74, 6) is -1.45. The maximum absolute atomic E-state index is 14.0. The first-order valence-electron chi connectivity index (χ1n) is 18.2. The van der Waals surface area contributed by atoms with Gasteiger partial charge in [0.1, 0.15) is 18.1 Å². The highest BCUT2D eigenvalue weighted by molar-refractivity contribution is 5.95. The van der Waals surface area contributed by atoms with Crippen LogP contribution in [0.2, 0.25) is 0 Å². The van der Waals surface area contributed by atoms with Crippen LogP contribution in [0.25, 0.3) is 0 Å². The van der Waals surface area contributed by atoms with Crippen LogP contribution < -0.4 is 38.9 Å². The molecule has 0 radical (unpaired) electrons. The average molecular weight is 719 g/mol. The minimum absolute atomic E-state index is 0.0114. The van der Waals surface area contributed by atoms with Crippen molar-refractivity contribution in [3.05, 3.63) is 71.8 Å². The van der Waals surface area contributed by atoms with Gasteiger partial charge in [-0.05, 0) is 67.9 Å². The van der Waals surface area contributed by atoms with Crippen LogP contribution >= 0.6 is 0 Å². The van der Waals surface area contributed by atoms with E-state index in [-0.39, 0.29) is 55.3 Å². The Bertz CT molecular complexity index is 1480. The zero-order chi connectivity index (χ0) is 38.0. The summed E-state index contributed by atoms with van der Waals surface area (Å²) >= 11 is 0. The highest BCUT2D eigenvalue weighted by Gasteiger charge is 2.33. The maximum atomic E-state index is 14.0. The first-order valence-corrected chi connectivity index (χ1v) is 18.2. The number of nitrogens with two attached hydrogens (primary N) is 4. The van der Waals surface area contributed by atoms with Crippen LogP contribution in [-0.2, 0) is 32.0 Å². The number of amidine groups is 1. The molecule has 284 valence electrons. The standard InChI is InChI=1S/C38H58N10O4/c1-25(2)21-31(35(50)45-30(16-9-18-44-38(42)43)37(52)48-19-10-15-28(17-20-48)24-33(40)41)47-36(51)32(23-27-13-7-4-8-14-27)46-34(49)29(39)22-26-11-5-3-6-12-26/h3-8,11-14,25,28-32H,9-10,15-24,39H2,1-2H3,(H3,40,41)(H,45,50)(H,46,49)(H,47,51)(H4,42,43,44)/t28?,29-,30-,31-,32-/m1/s1. The van der Waals surface area contributed by atoms with Gasteiger partial charge in [0, 0.05) is 32.5 Å². The van der Waals surface area contributed by atoms with E-state index in [2.05, 4.69) is 20.9 Å². The van der Waals surface area contributed by atoms with Crippen molar-refractivity contribution in [1.29, 1.82) is 5.41 Å². The molecule has 1 saturated heterocycles. The second kappa shape index (κ2) is 21.4. The van der Waals surface area contributed by atoms with E-state index in [1.807, 2.05) is 74.5 Å². The van der Waals surface area contributed by atoms with Crippen molar-refractivity contribution in [3.63, 3.8) is 0 Å². The van der Waals surface area contributed by atoms with Gasteiger partial charge in [-0.2, -0.15) is 0 Å². The smallest absolute Gasteiger partial charge is 0.245 e. The van der Waals surface area contributed by atoms with Gasteiger partial charge in [0.05, 0.1) is 11.9 Å². The highest BCUT2D eigenvalue weighted by Crippen LogP contribution is 2.21. The third-order valence-electron chi connectivity index (χ3n) is 9.12. The van der Waals surface area contributed by atoms with E-state index >= 15 is 0 Å². The van der Waals surface area contributed by atoms with E-state index in [0.717, 1.165) is 24.0 Å². The number of likely N-dealkylation sites (tertiary alicyclic amines) is 1. The summed E-state index contributed by atoms with van der Waals surface area (Å²) in [5, 5.41) is 16.3. The Morgan fingerprint density at radius 2 is 1.38 bits per heavy atom. The van der Waals surface area contributed by atoms with E-state index in [0.29, 0.717) is 38.8 Å². The predicted molar refractivity (Wildman–Crippen MR) is 204 cm³/mol. The molecule has 0 bridgehead atoms. The molecule has 0 saturated carbocycles. The molecule has 4 amide bonds. The van der Waals surface area contributed by atoms with E-state index in [9.17, 15) is 19.2 Å². The topological polar surface area (TPSA) is 248 Å². The molecule has 1 fully saturated rings. The number of carbonyl (C=O) groups is 4. The molecule has 1 heterocycles. The number of nitrogens with zero attached hydrogens (tertiary/aromatic N) is 2. The first-order chi connectivity index (χ1) is 24.8. The molecule has 12 N–H and O–H groups in total. The number of benzene rings is 2. The molecule has 14 nitrogen and oxygen atoms in total. The van der Waals surface area contributed by atoms with Gasteiger partial charge >= 0.3 is 0 Å². The number of guanidine groups is 1. The fraction of sp³-hybridized carbons (Fsp3) is 0.526. The van der Waals surface area contributed by atoms with Crippen molar-refractivity contribution in [1.82, 2.24) is 20.9 Å². The third-order valence-corrected chi connectivity index (χ3v) is 9.12. The predicted octanol–water partition coefficient (Wildman–Crippen LogP) is 1.31.